The number of rotatable bonds is 8. The van der Waals surface area contributed by atoms with E-state index in [0.717, 1.165) is 26.8 Å². The second-order valence-electron chi connectivity index (χ2n) is 10.5. The number of hydrogen-bond donors (Lipinski definition) is 3. The molecule has 3 aromatic carbocycles. The van der Waals surface area contributed by atoms with Crippen LogP contribution in [0.25, 0.3) is 10.8 Å². The van der Waals surface area contributed by atoms with Crippen LogP contribution in [0.15, 0.2) is 60.7 Å². The average molecular weight is 543 g/mol. The molecule has 9 nitrogen and oxygen atoms in total. The van der Waals surface area contributed by atoms with Crippen molar-refractivity contribution in [3.05, 3.63) is 77.4 Å². The summed E-state index contributed by atoms with van der Waals surface area (Å²) in [5.74, 6) is -2.30. The standard InChI is InChI=1S/C31H34N4O5/c1-7-35(29(38)25(18-26(32)36)34-30(39)40-31(4,5)6)27(24-15-12-19(2)16-20(24)3)28(37)33-23-14-13-21-10-8-9-11-22(21)17-23/h1,8-17,25,27H,18H2,2-6H3,(H2,32,36)(H,33,37)(H,34,39). The molecular weight excluding hydrogens is 508 g/mol. The maximum atomic E-state index is 13.8. The Bertz CT molecular complexity index is 1490. The molecule has 3 rings (SSSR count). The van der Waals surface area contributed by atoms with Gasteiger partial charge in [0.2, 0.25) is 5.91 Å². The quantitative estimate of drug-likeness (QED) is 0.288. The van der Waals surface area contributed by atoms with Gasteiger partial charge in [0.15, 0.2) is 0 Å². The van der Waals surface area contributed by atoms with E-state index in [2.05, 4.69) is 16.7 Å². The van der Waals surface area contributed by atoms with Crippen molar-refractivity contribution in [3.8, 4) is 12.5 Å². The Morgan fingerprint density at radius 3 is 2.27 bits per heavy atom. The van der Waals surface area contributed by atoms with Gasteiger partial charge in [-0.25, -0.2) is 4.79 Å². The number of carbonyl (C=O) groups is 4. The molecule has 0 aliphatic carbocycles. The van der Waals surface area contributed by atoms with Crippen molar-refractivity contribution in [2.75, 3.05) is 5.32 Å². The normalized spacial score (nSPS) is 12.5. The number of fused-ring (bicyclic) bond motifs is 1. The van der Waals surface area contributed by atoms with E-state index < -0.39 is 47.9 Å². The van der Waals surface area contributed by atoms with Crippen LogP contribution in [0, 0.1) is 26.3 Å². The third-order valence-corrected chi connectivity index (χ3v) is 6.01. The molecule has 0 heterocycles. The lowest BCUT2D eigenvalue weighted by atomic mass is 9.96. The Morgan fingerprint density at radius 2 is 1.68 bits per heavy atom. The number of amides is 4. The Kier molecular flexibility index (Phi) is 9.17. The van der Waals surface area contributed by atoms with Crippen molar-refractivity contribution >= 4 is 40.3 Å². The average Bonchev–Trinajstić information content (AvgIpc) is 2.85. The third-order valence-electron chi connectivity index (χ3n) is 6.01. The molecule has 0 spiro atoms. The first kappa shape index (κ1) is 29.7. The van der Waals surface area contributed by atoms with Crippen LogP contribution in [0.2, 0.25) is 0 Å². The largest absolute Gasteiger partial charge is 0.444 e. The number of carbonyl (C=O) groups excluding carboxylic acids is 4. The van der Waals surface area contributed by atoms with E-state index in [4.69, 9.17) is 16.9 Å². The van der Waals surface area contributed by atoms with E-state index in [9.17, 15) is 19.2 Å². The lowest BCUT2D eigenvalue weighted by molar-refractivity contribution is -0.138. The van der Waals surface area contributed by atoms with Crippen LogP contribution in [0.1, 0.15) is 49.9 Å². The van der Waals surface area contributed by atoms with Gasteiger partial charge in [0.1, 0.15) is 17.7 Å². The fourth-order valence-corrected chi connectivity index (χ4v) is 4.29. The SMILES string of the molecule is C#CN(C(=O)C(CC(N)=O)NC(=O)OC(C)(C)C)C(C(=O)Nc1ccc2ccccc2c1)c1ccc(C)cc1C. The van der Waals surface area contributed by atoms with Crippen LogP contribution in [0.4, 0.5) is 10.5 Å². The Morgan fingerprint density at radius 1 is 1.00 bits per heavy atom. The van der Waals surface area contributed by atoms with E-state index in [-0.39, 0.29) is 0 Å². The van der Waals surface area contributed by atoms with E-state index in [0.29, 0.717) is 11.3 Å². The molecule has 4 N–H and O–H groups in total. The number of nitrogens with one attached hydrogen (secondary N) is 2. The van der Waals surface area contributed by atoms with E-state index >= 15 is 0 Å². The Balaban J connectivity index is 2.02. The van der Waals surface area contributed by atoms with Crippen molar-refractivity contribution in [1.29, 1.82) is 0 Å². The molecule has 0 aromatic heterocycles. The molecule has 0 aliphatic rings. The first-order valence-electron chi connectivity index (χ1n) is 12.7. The molecule has 2 atom stereocenters. The minimum atomic E-state index is -1.47. The monoisotopic (exact) mass is 542 g/mol. The topological polar surface area (TPSA) is 131 Å². The highest BCUT2D eigenvalue weighted by Gasteiger charge is 2.37. The van der Waals surface area contributed by atoms with Gasteiger partial charge in [0.25, 0.3) is 11.8 Å². The fraction of sp³-hybridized carbons (Fsp3) is 0.290. The maximum Gasteiger partial charge on any atom is 0.408 e. The van der Waals surface area contributed by atoms with Gasteiger partial charge >= 0.3 is 6.09 Å². The molecule has 0 bridgehead atoms. The fourth-order valence-electron chi connectivity index (χ4n) is 4.29. The number of terminal acetylenes is 1. The predicted molar refractivity (Wildman–Crippen MR) is 154 cm³/mol. The first-order valence-corrected chi connectivity index (χ1v) is 12.7. The number of hydrogen-bond acceptors (Lipinski definition) is 5. The van der Waals surface area contributed by atoms with Crippen molar-refractivity contribution in [3.63, 3.8) is 0 Å². The number of primary amides is 1. The number of nitrogens with zero attached hydrogens (tertiary/aromatic N) is 1. The van der Waals surface area contributed by atoms with Gasteiger partial charge in [-0.05, 0) is 68.7 Å². The highest BCUT2D eigenvalue weighted by atomic mass is 16.6. The van der Waals surface area contributed by atoms with Crippen LogP contribution < -0.4 is 16.4 Å². The highest BCUT2D eigenvalue weighted by molar-refractivity contribution is 6.01. The second kappa shape index (κ2) is 12.3. The van der Waals surface area contributed by atoms with Crippen LogP contribution in [0.5, 0.6) is 0 Å². The molecule has 208 valence electrons. The number of anilines is 1. The Hall–Kier alpha value is -4.84. The molecule has 0 saturated carbocycles. The summed E-state index contributed by atoms with van der Waals surface area (Å²) in [5.41, 5.74) is 7.17. The zero-order valence-corrected chi connectivity index (χ0v) is 23.3. The molecule has 0 fully saturated rings. The molecular formula is C31H34N4O5. The van der Waals surface area contributed by atoms with Gasteiger partial charge in [0.05, 0.1) is 6.42 Å². The smallest absolute Gasteiger partial charge is 0.408 e. The van der Waals surface area contributed by atoms with Gasteiger partial charge in [0, 0.05) is 11.7 Å². The minimum absolute atomic E-state index is 0.477. The minimum Gasteiger partial charge on any atom is -0.444 e. The van der Waals surface area contributed by atoms with E-state index in [1.807, 2.05) is 49.4 Å². The summed E-state index contributed by atoms with van der Waals surface area (Å²) in [6, 6.07) is 18.0. The van der Waals surface area contributed by atoms with Crippen molar-refractivity contribution in [2.45, 2.75) is 58.7 Å². The van der Waals surface area contributed by atoms with Gasteiger partial charge in [-0.2, -0.15) is 0 Å². The van der Waals surface area contributed by atoms with Gasteiger partial charge in [-0.1, -0.05) is 60.5 Å². The number of aryl methyl sites for hydroxylation is 2. The third kappa shape index (κ3) is 7.60. The summed E-state index contributed by atoms with van der Waals surface area (Å²) in [7, 11) is 0. The number of alkyl carbamates (subject to hydrolysis) is 1. The molecule has 9 heteroatoms. The van der Waals surface area contributed by atoms with Crippen molar-refractivity contribution in [2.24, 2.45) is 5.73 Å². The maximum absolute atomic E-state index is 13.8. The van der Waals surface area contributed by atoms with Crippen LogP contribution >= 0.6 is 0 Å². The zero-order chi connectivity index (χ0) is 29.6. The number of ether oxygens (including phenoxy) is 1. The van der Waals surface area contributed by atoms with Gasteiger partial charge in [-0.15, -0.1) is 0 Å². The second-order valence-corrected chi connectivity index (χ2v) is 10.5. The number of benzene rings is 3. The molecule has 0 aliphatic heterocycles. The summed E-state index contributed by atoms with van der Waals surface area (Å²) in [4.78, 5) is 52.8. The summed E-state index contributed by atoms with van der Waals surface area (Å²) < 4.78 is 5.25. The molecule has 0 saturated heterocycles. The predicted octanol–water partition coefficient (Wildman–Crippen LogP) is 4.32. The van der Waals surface area contributed by atoms with Crippen LogP contribution in [-0.4, -0.2) is 40.4 Å². The molecule has 3 aromatic rings. The summed E-state index contributed by atoms with van der Waals surface area (Å²) in [6.07, 6.45) is 4.32. The zero-order valence-electron chi connectivity index (χ0n) is 23.3. The molecule has 0 radical (unpaired) electrons. The van der Waals surface area contributed by atoms with Gasteiger partial charge in [-0.3, -0.25) is 19.3 Å². The Labute approximate surface area is 234 Å². The van der Waals surface area contributed by atoms with E-state index in [1.165, 1.54) is 0 Å². The molecule has 40 heavy (non-hydrogen) atoms. The lowest BCUT2D eigenvalue weighted by Gasteiger charge is -2.31. The number of nitrogens with two attached hydrogens (primary N) is 1. The van der Waals surface area contributed by atoms with Crippen LogP contribution in [0.3, 0.4) is 0 Å². The first-order chi connectivity index (χ1) is 18.8. The van der Waals surface area contributed by atoms with Crippen molar-refractivity contribution in [1.82, 2.24) is 10.2 Å². The molecule has 2 unspecified atom stereocenters. The summed E-state index contributed by atoms with van der Waals surface area (Å²) >= 11 is 0. The summed E-state index contributed by atoms with van der Waals surface area (Å²) in [5, 5.41) is 7.15. The van der Waals surface area contributed by atoms with Gasteiger partial charge < -0.3 is 21.1 Å². The van der Waals surface area contributed by atoms with Crippen LogP contribution in [-0.2, 0) is 19.1 Å². The lowest BCUT2D eigenvalue weighted by Crippen LogP contribution is -2.52. The van der Waals surface area contributed by atoms with E-state index in [1.54, 1.807) is 45.9 Å². The van der Waals surface area contributed by atoms with Crippen molar-refractivity contribution < 1.29 is 23.9 Å². The summed E-state index contributed by atoms with van der Waals surface area (Å²) in [6.45, 7) is 8.66. The highest BCUT2D eigenvalue weighted by Crippen LogP contribution is 2.28. The molecule has 4 amide bonds.